The van der Waals surface area contributed by atoms with Crippen molar-refractivity contribution < 1.29 is 23.8 Å². The Kier molecular flexibility index (Phi) is 4.59. The SMILES string of the molecule is CC(Oc1ccccc1Oc1ncc(F)cc1Cl)C(=O)O. The number of carboxylic acid groups (broad SMARTS) is 1. The molecule has 0 spiro atoms. The molecule has 1 heterocycles. The van der Waals surface area contributed by atoms with Crippen LogP contribution in [0.4, 0.5) is 4.39 Å². The number of para-hydroxylation sites is 2. The standard InChI is InChI=1S/C14H11ClFNO4/c1-8(14(18)19)20-11-4-2-3-5-12(11)21-13-10(15)6-9(16)7-17-13/h2-8H,1H3,(H,18,19). The van der Waals surface area contributed by atoms with Gasteiger partial charge in [-0.15, -0.1) is 0 Å². The Morgan fingerprint density at radius 1 is 1.38 bits per heavy atom. The van der Waals surface area contributed by atoms with Crippen molar-refractivity contribution in [1.29, 1.82) is 0 Å². The fourth-order valence-corrected chi connectivity index (χ4v) is 1.65. The Morgan fingerprint density at radius 2 is 2.05 bits per heavy atom. The maximum Gasteiger partial charge on any atom is 0.344 e. The third kappa shape index (κ3) is 3.82. The van der Waals surface area contributed by atoms with Gasteiger partial charge in [-0.3, -0.25) is 0 Å². The van der Waals surface area contributed by atoms with Gasteiger partial charge in [0.1, 0.15) is 10.8 Å². The van der Waals surface area contributed by atoms with E-state index in [9.17, 15) is 9.18 Å². The molecule has 0 saturated heterocycles. The van der Waals surface area contributed by atoms with Crippen LogP contribution in [0.1, 0.15) is 6.92 Å². The largest absolute Gasteiger partial charge is 0.479 e. The smallest absolute Gasteiger partial charge is 0.344 e. The third-order valence-electron chi connectivity index (χ3n) is 2.48. The number of pyridine rings is 1. The van der Waals surface area contributed by atoms with Crippen molar-refractivity contribution in [3.63, 3.8) is 0 Å². The first-order valence-corrected chi connectivity index (χ1v) is 6.32. The number of ether oxygens (including phenoxy) is 2. The second-order valence-electron chi connectivity index (χ2n) is 4.09. The molecule has 1 aromatic heterocycles. The number of halogens is 2. The minimum atomic E-state index is -1.11. The Balaban J connectivity index is 2.26. The lowest BCUT2D eigenvalue weighted by Gasteiger charge is -2.14. The molecule has 0 aliphatic heterocycles. The molecular weight excluding hydrogens is 301 g/mol. The molecule has 0 fully saturated rings. The van der Waals surface area contributed by atoms with Gasteiger partial charge in [0.2, 0.25) is 5.88 Å². The van der Waals surface area contributed by atoms with Crippen LogP contribution in [0.25, 0.3) is 0 Å². The number of carboxylic acids is 1. The van der Waals surface area contributed by atoms with Gasteiger partial charge in [0, 0.05) is 0 Å². The van der Waals surface area contributed by atoms with Gasteiger partial charge in [0.25, 0.3) is 0 Å². The van der Waals surface area contributed by atoms with E-state index in [2.05, 4.69) is 4.98 Å². The number of aliphatic carboxylic acids is 1. The molecule has 1 atom stereocenters. The second-order valence-corrected chi connectivity index (χ2v) is 4.49. The average molecular weight is 312 g/mol. The average Bonchev–Trinajstić information content (AvgIpc) is 2.43. The fraction of sp³-hybridized carbons (Fsp3) is 0.143. The van der Waals surface area contributed by atoms with Crippen molar-refractivity contribution in [2.45, 2.75) is 13.0 Å². The van der Waals surface area contributed by atoms with E-state index in [0.717, 1.165) is 12.3 Å². The van der Waals surface area contributed by atoms with Crippen molar-refractivity contribution in [3.8, 4) is 17.4 Å². The zero-order valence-electron chi connectivity index (χ0n) is 10.9. The van der Waals surface area contributed by atoms with Gasteiger partial charge in [-0.05, 0) is 25.1 Å². The van der Waals surface area contributed by atoms with Gasteiger partial charge < -0.3 is 14.6 Å². The molecule has 1 N–H and O–H groups in total. The van der Waals surface area contributed by atoms with E-state index in [4.69, 9.17) is 26.2 Å². The van der Waals surface area contributed by atoms with Crippen LogP contribution in [-0.4, -0.2) is 22.2 Å². The molecule has 2 rings (SSSR count). The van der Waals surface area contributed by atoms with E-state index < -0.39 is 17.9 Å². The lowest BCUT2D eigenvalue weighted by molar-refractivity contribution is -0.144. The number of aromatic nitrogens is 1. The molecule has 110 valence electrons. The molecule has 21 heavy (non-hydrogen) atoms. The van der Waals surface area contributed by atoms with E-state index in [-0.39, 0.29) is 22.4 Å². The topological polar surface area (TPSA) is 68.7 Å². The molecule has 0 aliphatic carbocycles. The minimum absolute atomic E-state index is 0.00269. The molecule has 1 aromatic carbocycles. The lowest BCUT2D eigenvalue weighted by Crippen LogP contribution is -2.23. The van der Waals surface area contributed by atoms with Crippen LogP contribution in [-0.2, 0) is 4.79 Å². The number of benzene rings is 1. The van der Waals surface area contributed by atoms with Crippen LogP contribution in [0.15, 0.2) is 36.5 Å². The number of carbonyl (C=O) groups is 1. The highest BCUT2D eigenvalue weighted by atomic mass is 35.5. The maximum atomic E-state index is 12.9. The number of rotatable bonds is 5. The van der Waals surface area contributed by atoms with Crippen LogP contribution >= 0.6 is 11.6 Å². The van der Waals surface area contributed by atoms with Crippen molar-refractivity contribution in [1.82, 2.24) is 4.98 Å². The molecule has 0 bridgehead atoms. The quantitative estimate of drug-likeness (QED) is 0.915. The monoisotopic (exact) mass is 311 g/mol. The third-order valence-corrected chi connectivity index (χ3v) is 2.75. The van der Waals surface area contributed by atoms with Gasteiger partial charge in [0.15, 0.2) is 17.6 Å². The van der Waals surface area contributed by atoms with Crippen molar-refractivity contribution in [3.05, 3.63) is 47.4 Å². The van der Waals surface area contributed by atoms with E-state index in [0.29, 0.717) is 0 Å². The Labute approximate surface area is 124 Å². The van der Waals surface area contributed by atoms with Gasteiger partial charge in [-0.25, -0.2) is 14.2 Å². The van der Waals surface area contributed by atoms with Crippen molar-refractivity contribution in [2.75, 3.05) is 0 Å². The van der Waals surface area contributed by atoms with Crippen LogP contribution < -0.4 is 9.47 Å². The fourth-order valence-electron chi connectivity index (χ4n) is 1.45. The summed E-state index contributed by atoms with van der Waals surface area (Å²) in [6.45, 7) is 1.39. The lowest BCUT2D eigenvalue weighted by atomic mass is 10.3. The zero-order valence-corrected chi connectivity index (χ0v) is 11.7. The minimum Gasteiger partial charge on any atom is -0.479 e. The molecule has 0 radical (unpaired) electrons. The molecule has 0 aliphatic rings. The van der Waals surface area contributed by atoms with Gasteiger partial charge in [0.05, 0.1) is 6.20 Å². The number of hydrogen-bond donors (Lipinski definition) is 1. The normalized spacial score (nSPS) is 11.8. The first kappa shape index (κ1) is 15.1. The van der Waals surface area contributed by atoms with Crippen molar-refractivity contribution >= 4 is 17.6 Å². The second kappa shape index (κ2) is 6.41. The summed E-state index contributed by atoms with van der Waals surface area (Å²) in [5.74, 6) is -1.25. The molecule has 0 saturated carbocycles. The Bertz CT molecular complexity index is 665. The molecule has 1 unspecified atom stereocenters. The summed E-state index contributed by atoms with van der Waals surface area (Å²) in [6, 6.07) is 7.51. The molecule has 5 nitrogen and oxygen atoms in total. The van der Waals surface area contributed by atoms with Crippen LogP contribution in [0.5, 0.6) is 17.4 Å². The number of nitrogens with zero attached hydrogens (tertiary/aromatic N) is 1. The van der Waals surface area contributed by atoms with Crippen LogP contribution in [0.3, 0.4) is 0 Å². The highest BCUT2D eigenvalue weighted by Gasteiger charge is 2.16. The summed E-state index contributed by atoms with van der Waals surface area (Å²) < 4.78 is 23.7. The van der Waals surface area contributed by atoms with Crippen molar-refractivity contribution in [2.24, 2.45) is 0 Å². The number of hydrogen-bond acceptors (Lipinski definition) is 4. The van der Waals surface area contributed by atoms with Gasteiger partial charge >= 0.3 is 5.97 Å². The Morgan fingerprint density at radius 3 is 2.67 bits per heavy atom. The predicted molar refractivity (Wildman–Crippen MR) is 73.4 cm³/mol. The predicted octanol–water partition coefficient (Wildman–Crippen LogP) is 3.52. The zero-order chi connectivity index (χ0) is 15.4. The highest BCUT2D eigenvalue weighted by Crippen LogP contribution is 2.34. The van der Waals surface area contributed by atoms with E-state index >= 15 is 0 Å². The van der Waals surface area contributed by atoms with Gasteiger partial charge in [-0.1, -0.05) is 23.7 Å². The van der Waals surface area contributed by atoms with E-state index in [1.807, 2.05) is 0 Å². The summed E-state index contributed by atoms with van der Waals surface area (Å²) in [5, 5.41) is 8.85. The van der Waals surface area contributed by atoms with E-state index in [1.54, 1.807) is 24.3 Å². The summed E-state index contributed by atoms with van der Waals surface area (Å²) >= 11 is 5.83. The molecule has 7 heteroatoms. The van der Waals surface area contributed by atoms with Crippen LogP contribution in [0, 0.1) is 5.82 Å². The molecule has 2 aromatic rings. The summed E-state index contributed by atoms with van der Waals surface area (Å²) in [5.41, 5.74) is 0. The Hall–Kier alpha value is -2.34. The summed E-state index contributed by atoms with van der Waals surface area (Å²) in [7, 11) is 0. The molecule has 0 amide bonds. The first-order chi connectivity index (χ1) is 9.97. The highest BCUT2D eigenvalue weighted by molar-refractivity contribution is 6.31. The van der Waals surface area contributed by atoms with Gasteiger partial charge in [-0.2, -0.15) is 0 Å². The van der Waals surface area contributed by atoms with Crippen LogP contribution in [0.2, 0.25) is 5.02 Å². The molecular formula is C14H11ClFNO4. The maximum absolute atomic E-state index is 12.9. The summed E-state index contributed by atoms with van der Waals surface area (Å²) in [4.78, 5) is 14.6. The first-order valence-electron chi connectivity index (χ1n) is 5.94. The van der Waals surface area contributed by atoms with E-state index in [1.165, 1.54) is 6.92 Å². The summed E-state index contributed by atoms with van der Waals surface area (Å²) in [6.07, 6.45) is -0.0868.